The van der Waals surface area contributed by atoms with Crippen molar-refractivity contribution < 1.29 is 14.0 Å². The van der Waals surface area contributed by atoms with Gasteiger partial charge in [0.2, 0.25) is 5.91 Å². The Morgan fingerprint density at radius 3 is 2.59 bits per heavy atom. The zero-order valence-corrected chi connectivity index (χ0v) is 16.7. The number of amides is 2. The molecular formula is C22H25FN4O2. The summed E-state index contributed by atoms with van der Waals surface area (Å²) >= 11 is 0. The maximum absolute atomic E-state index is 14.5. The molecule has 1 fully saturated rings. The van der Waals surface area contributed by atoms with E-state index in [1.54, 1.807) is 0 Å². The molecule has 29 heavy (non-hydrogen) atoms. The summed E-state index contributed by atoms with van der Waals surface area (Å²) in [6.45, 7) is 5.83. The van der Waals surface area contributed by atoms with Gasteiger partial charge in [-0.25, -0.2) is 4.39 Å². The van der Waals surface area contributed by atoms with Crippen LogP contribution in [0.3, 0.4) is 0 Å². The number of halogens is 1. The summed E-state index contributed by atoms with van der Waals surface area (Å²) in [4.78, 5) is 28.8. The topological polar surface area (TPSA) is 64.7 Å². The van der Waals surface area contributed by atoms with E-state index in [2.05, 4.69) is 33.5 Å². The van der Waals surface area contributed by atoms with Gasteiger partial charge in [-0.1, -0.05) is 0 Å². The number of carbonyl (C=O) groups excluding carboxylic acids is 2. The van der Waals surface area contributed by atoms with E-state index in [1.807, 2.05) is 19.1 Å². The first-order chi connectivity index (χ1) is 13.9. The number of fused-ring (bicyclic) bond motifs is 1. The minimum atomic E-state index is -0.643. The summed E-state index contributed by atoms with van der Waals surface area (Å²) in [6, 6.07) is 8.69. The van der Waals surface area contributed by atoms with Gasteiger partial charge in [0.05, 0.1) is 5.56 Å². The minimum absolute atomic E-state index is 0.0115. The lowest BCUT2D eigenvalue weighted by Gasteiger charge is -2.34. The van der Waals surface area contributed by atoms with Crippen LogP contribution in [0.25, 0.3) is 0 Å². The van der Waals surface area contributed by atoms with E-state index < -0.39 is 11.7 Å². The predicted octanol–water partition coefficient (Wildman–Crippen LogP) is 3.02. The van der Waals surface area contributed by atoms with E-state index in [0.717, 1.165) is 43.0 Å². The van der Waals surface area contributed by atoms with Gasteiger partial charge >= 0.3 is 0 Å². The summed E-state index contributed by atoms with van der Waals surface area (Å²) in [5.41, 5.74) is 3.95. The van der Waals surface area contributed by atoms with Gasteiger partial charge in [-0.15, -0.1) is 0 Å². The molecule has 152 valence electrons. The molecule has 2 heterocycles. The van der Waals surface area contributed by atoms with Crippen LogP contribution in [0.15, 0.2) is 30.3 Å². The number of aryl methyl sites for hydroxylation is 2. The number of hydrogen-bond acceptors (Lipinski definition) is 4. The van der Waals surface area contributed by atoms with Gasteiger partial charge in [-0.05, 0) is 61.9 Å². The molecule has 4 rings (SSSR count). The highest BCUT2D eigenvalue weighted by atomic mass is 19.1. The Kier molecular flexibility index (Phi) is 5.24. The van der Waals surface area contributed by atoms with E-state index in [-0.39, 0.29) is 11.5 Å². The molecule has 0 atom stereocenters. The molecule has 0 aromatic heterocycles. The number of nitrogens with one attached hydrogen (secondary N) is 2. The van der Waals surface area contributed by atoms with Gasteiger partial charge in [-0.3, -0.25) is 9.59 Å². The number of benzene rings is 2. The second-order valence-electron chi connectivity index (χ2n) is 7.84. The van der Waals surface area contributed by atoms with E-state index in [9.17, 15) is 14.0 Å². The summed E-state index contributed by atoms with van der Waals surface area (Å²) in [5.74, 6) is -1.27. The summed E-state index contributed by atoms with van der Waals surface area (Å²) < 4.78 is 14.5. The maximum atomic E-state index is 14.5. The van der Waals surface area contributed by atoms with Crippen LogP contribution in [-0.4, -0.2) is 49.9 Å². The average molecular weight is 396 g/mol. The Bertz CT molecular complexity index is 968. The van der Waals surface area contributed by atoms with E-state index in [0.29, 0.717) is 24.2 Å². The fraction of sp³-hybridized carbons (Fsp3) is 0.364. The van der Waals surface area contributed by atoms with Crippen molar-refractivity contribution in [1.29, 1.82) is 0 Å². The molecule has 0 unspecified atom stereocenters. The smallest absolute Gasteiger partial charge is 0.258 e. The molecule has 0 bridgehead atoms. The van der Waals surface area contributed by atoms with Gasteiger partial charge in [-0.2, -0.15) is 0 Å². The van der Waals surface area contributed by atoms with Gasteiger partial charge in [0.25, 0.3) is 5.91 Å². The number of nitrogens with zero attached hydrogens (tertiary/aromatic N) is 2. The Balaban J connectivity index is 1.55. The zero-order chi connectivity index (χ0) is 20.5. The largest absolute Gasteiger partial charge is 0.369 e. The molecule has 2 N–H and O–H groups in total. The SMILES string of the molecule is Cc1cc(NC(=O)c2cc3c(cc2F)NC(=O)CC3)cc(N2CCN(C)CC2)c1. The second-order valence-corrected chi connectivity index (χ2v) is 7.84. The molecule has 2 aromatic carbocycles. The lowest BCUT2D eigenvalue weighted by atomic mass is 9.99. The van der Waals surface area contributed by atoms with Crippen molar-refractivity contribution in [3.05, 3.63) is 52.8 Å². The van der Waals surface area contributed by atoms with Crippen LogP contribution >= 0.6 is 0 Å². The second kappa shape index (κ2) is 7.83. The number of hydrogen-bond donors (Lipinski definition) is 2. The normalized spacial score (nSPS) is 16.9. The van der Waals surface area contributed by atoms with Gasteiger partial charge in [0, 0.05) is 49.7 Å². The van der Waals surface area contributed by atoms with Crippen LogP contribution in [0.2, 0.25) is 0 Å². The number of piperazine rings is 1. The van der Waals surface area contributed by atoms with Crippen molar-refractivity contribution in [3.63, 3.8) is 0 Å². The van der Waals surface area contributed by atoms with Crippen LogP contribution in [0.4, 0.5) is 21.5 Å². The standard InChI is InChI=1S/C22H25FN4O2/c1-14-9-16(12-17(10-14)27-7-5-26(2)6-8-27)24-22(29)18-11-15-3-4-21(28)25-20(15)13-19(18)23/h9-13H,3-8H2,1-2H3,(H,24,29)(H,25,28). The first kappa shape index (κ1) is 19.4. The van der Waals surface area contributed by atoms with Crippen molar-refractivity contribution in [3.8, 4) is 0 Å². The Morgan fingerprint density at radius 2 is 1.83 bits per heavy atom. The summed E-state index contributed by atoms with van der Waals surface area (Å²) in [5, 5.41) is 5.49. The molecule has 2 aliphatic rings. The molecule has 6 nitrogen and oxygen atoms in total. The Labute approximate surface area is 169 Å². The molecule has 7 heteroatoms. The number of carbonyl (C=O) groups is 2. The highest BCUT2D eigenvalue weighted by Crippen LogP contribution is 2.28. The molecule has 2 aliphatic heterocycles. The van der Waals surface area contributed by atoms with Crippen LogP contribution in [0.5, 0.6) is 0 Å². The maximum Gasteiger partial charge on any atom is 0.258 e. The average Bonchev–Trinajstić information content (AvgIpc) is 2.67. The quantitative estimate of drug-likeness (QED) is 0.837. The summed E-state index contributed by atoms with van der Waals surface area (Å²) in [6.07, 6.45) is 0.839. The van der Waals surface area contributed by atoms with Crippen molar-refractivity contribution in [2.75, 3.05) is 48.8 Å². The van der Waals surface area contributed by atoms with E-state index >= 15 is 0 Å². The Hall–Kier alpha value is -2.93. The van der Waals surface area contributed by atoms with Crippen molar-refractivity contribution in [2.24, 2.45) is 0 Å². The van der Waals surface area contributed by atoms with Gasteiger partial charge in [0.15, 0.2) is 0 Å². The minimum Gasteiger partial charge on any atom is -0.369 e. The molecule has 0 aliphatic carbocycles. The molecule has 2 amide bonds. The number of rotatable bonds is 3. The van der Waals surface area contributed by atoms with Crippen LogP contribution in [-0.2, 0) is 11.2 Å². The first-order valence-electron chi connectivity index (χ1n) is 9.88. The van der Waals surface area contributed by atoms with E-state index in [4.69, 9.17) is 0 Å². The highest BCUT2D eigenvalue weighted by molar-refractivity contribution is 6.05. The molecule has 0 radical (unpaired) electrons. The lowest BCUT2D eigenvalue weighted by molar-refractivity contribution is -0.116. The van der Waals surface area contributed by atoms with Gasteiger partial charge < -0.3 is 20.4 Å². The van der Waals surface area contributed by atoms with Crippen molar-refractivity contribution >= 4 is 28.9 Å². The molecular weight excluding hydrogens is 371 g/mol. The van der Waals surface area contributed by atoms with Crippen LogP contribution in [0.1, 0.15) is 27.9 Å². The summed E-state index contributed by atoms with van der Waals surface area (Å²) in [7, 11) is 2.11. The molecule has 0 spiro atoms. The predicted molar refractivity (Wildman–Crippen MR) is 112 cm³/mol. The first-order valence-corrected chi connectivity index (χ1v) is 9.88. The molecule has 1 saturated heterocycles. The zero-order valence-electron chi connectivity index (χ0n) is 16.7. The Morgan fingerprint density at radius 1 is 1.07 bits per heavy atom. The van der Waals surface area contributed by atoms with Gasteiger partial charge in [0.1, 0.15) is 5.82 Å². The fourth-order valence-electron chi connectivity index (χ4n) is 3.86. The molecule has 0 saturated carbocycles. The fourth-order valence-corrected chi connectivity index (χ4v) is 3.86. The van der Waals surface area contributed by atoms with Crippen molar-refractivity contribution in [1.82, 2.24) is 4.90 Å². The third kappa shape index (κ3) is 4.24. The number of anilines is 3. The van der Waals surface area contributed by atoms with Crippen LogP contribution in [0, 0.1) is 12.7 Å². The third-order valence-corrected chi connectivity index (χ3v) is 5.52. The van der Waals surface area contributed by atoms with Crippen LogP contribution < -0.4 is 15.5 Å². The van der Waals surface area contributed by atoms with Crippen molar-refractivity contribution in [2.45, 2.75) is 19.8 Å². The third-order valence-electron chi connectivity index (χ3n) is 5.52. The number of likely N-dealkylation sites (N-methyl/N-ethyl adjacent to an activating group) is 1. The molecule has 2 aromatic rings. The van der Waals surface area contributed by atoms with E-state index in [1.165, 1.54) is 12.1 Å². The monoisotopic (exact) mass is 396 g/mol. The lowest BCUT2D eigenvalue weighted by Crippen LogP contribution is -2.44. The highest BCUT2D eigenvalue weighted by Gasteiger charge is 2.21.